The molecule has 170 valence electrons. The summed E-state index contributed by atoms with van der Waals surface area (Å²) >= 11 is 3.18. The van der Waals surface area contributed by atoms with Crippen molar-refractivity contribution in [2.75, 3.05) is 0 Å². The maximum absolute atomic E-state index is 12.8. The average molecular weight is 488 g/mol. The molecule has 2 heterocycles. The van der Waals surface area contributed by atoms with Crippen molar-refractivity contribution < 1.29 is 13.2 Å². The lowest BCUT2D eigenvalue weighted by Gasteiger charge is -2.08. The molecule has 0 aliphatic carbocycles. The van der Waals surface area contributed by atoms with Crippen LogP contribution in [0, 0.1) is 18.8 Å². The second kappa shape index (κ2) is 9.15. The fourth-order valence-corrected chi connectivity index (χ4v) is 5.87. The molecule has 4 aromatic rings. The van der Waals surface area contributed by atoms with Crippen LogP contribution in [-0.2, 0) is 18.5 Å². The molecule has 33 heavy (non-hydrogen) atoms. The van der Waals surface area contributed by atoms with Crippen molar-refractivity contribution in [3.05, 3.63) is 87.5 Å². The normalized spacial score (nSPS) is 11.8. The van der Waals surface area contributed by atoms with Crippen molar-refractivity contribution in [2.45, 2.75) is 37.2 Å². The van der Waals surface area contributed by atoms with Crippen molar-refractivity contribution in [1.82, 2.24) is 9.55 Å². The first-order chi connectivity index (χ1) is 15.7. The molecule has 4 rings (SSSR count). The topological polar surface area (TPSA) is 47.2 Å². The van der Waals surface area contributed by atoms with Gasteiger partial charge < -0.3 is 4.57 Å². The molecule has 0 radical (unpaired) electrons. The van der Waals surface area contributed by atoms with E-state index in [1.54, 1.807) is 11.8 Å². The first kappa shape index (κ1) is 23.3. The third-order valence-corrected chi connectivity index (χ3v) is 7.62. The van der Waals surface area contributed by atoms with Gasteiger partial charge in [-0.2, -0.15) is 13.2 Å². The molecule has 0 saturated carbocycles. The summed E-state index contributed by atoms with van der Waals surface area (Å²) in [6, 6.07) is 11.3. The highest BCUT2D eigenvalue weighted by Crippen LogP contribution is 2.36. The zero-order chi connectivity index (χ0) is 23.8. The van der Waals surface area contributed by atoms with Crippen LogP contribution in [0.1, 0.15) is 21.7 Å². The highest BCUT2D eigenvalue weighted by atomic mass is 32.2. The van der Waals surface area contributed by atoms with Gasteiger partial charge in [-0.3, -0.25) is 0 Å². The monoisotopic (exact) mass is 487 g/mol. The molecule has 0 unspecified atom stereocenters. The lowest BCUT2D eigenvalue weighted by atomic mass is 10.1. The van der Waals surface area contributed by atoms with Crippen LogP contribution < -0.4 is 0 Å². The van der Waals surface area contributed by atoms with E-state index in [9.17, 15) is 18.1 Å². The Morgan fingerprint density at radius 3 is 2.58 bits per heavy atom. The summed E-state index contributed by atoms with van der Waals surface area (Å²) in [6.07, 6.45) is -2.43. The average Bonchev–Trinajstić information content (AvgIpc) is 3.35. The molecule has 0 bridgehead atoms. The minimum atomic E-state index is -4.35. The molecule has 4 nitrogen and oxygen atoms in total. The second-order valence-electron chi connectivity index (χ2n) is 7.67. The van der Waals surface area contributed by atoms with Crippen LogP contribution in [0.25, 0.3) is 21.5 Å². The smallest absolute Gasteiger partial charge is 0.341 e. The first-order valence-electron chi connectivity index (χ1n) is 10.0. The summed E-state index contributed by atoms with van der Waals surface area (Å²) in [5.74, 6) is 0.710. The minimum Gasteiger partial charge on any atom is -0.341 e. The largest absolute Gasteiger partial charge is 0.416 e. The highest BCUT2D eigenvalue weighted by Gasteiger charge is 2.30. The molecule has 0 atom stereocenters. The van der Waals surface area contributed by atoms with Crippen molar-refractivity contribution >= 4 is 34.0 Å². The quantitative estimate of drug-likeness (QED) is 0.196. The van der Waals surface area contributed by atoms with Crippen LogP contribution in [0.15, 0.2) is 71.0 Å². The number of thioether (sulfide) groups is 1. The van der Waals surface area contributed by atoms with Gasteiger partial charge in [0, 0.05) is 32.7 Å². The Labute approximate surface area is 197 Å². The van der Waals surface area contributed by atoms with Gasteiger partial charge in [-0.1, -0.05) is 18.7 Å². The first-order valence-corrected chi connectivity index (χ1v) is 11.8. The number of allylic oxidation sites excluding steroid dienone is 1. The number of fused-ring (bicyclic) bond motifs is 1. The summed E-state index contributed by atoms with van der Waals surface area (Å²) in [6.45, 7) is 7.96. The molecule has 0 saturated heterocycles. The zero-order valence-electron chi connectivity index (χ0n) is 17.9. The molecule has 0 aliphatic heterocycles. The van der Waals surface area contributed by atoms with E-state index in [0.29, 0.717) is 22.9 Å². The number of hydrogen-bond donors (Lipinski definition) is 0. The van der Waals surface area contributed by atoms with Gasteiger partial charge in [-0.05, 0) is 54.9 Å². The fourth-order valence-electron chi connectivity index (χ4n) is 3.61. The Kier molecular flexibility index (Phi) is 6.45. The maximum atomic E-state index is 12.8. The van der Waals surface area contributed by atoms with Gasteiger partial charge in [0.15, 0.2) is 0 Å². The van der Waals surface area contributed by atoms with E-state index < -0.39 is 11.7 Å². The van der Waals surface area contributed by atoms with E-state index in [1.807, 2.05) is 30.7 Å². The number of nitrogens with zero attached hydrogens (tertiary/aromatic N) is 3. The summed E-state index contributed by atoms with van der Waals surface area (Å²) in [7, 11) is 0. The number of hydrogen-bond acceptors (Lipinski definition) is 5. The number of rotatable bonds is 7. The molecule has 0 fully saturated rings. The lowest BCUT2D eigenvalue weighted by molar-refractivity contribution is -0.137. The summed E-state index contributed by atoms with van der Waals surface area (Å²) in [5, 5.41) is 4.69. The van der Waals surface area contributed by atoms with Crippen molar-refractivity contribution in [3.63, 3.8) is 0 Å². The highest BCUT2D eigenvalue weighted by molar-refractivity contribution is 7.98. The SMILES string of the molecule is C=C(Cn1ccc2cc(SCc3sc(-c4ccc(C(F)(F)F)cc4)nc3C)cc(C)c21)N=O. The van der Waals surface area contributed by atoms with E-state index in [2.05, 4.69) is 28.9 Å². The number of thiazole rings is 1. The summed E-state index contributed by atoms with van der Waals surface area (Å²) < 4.78 is 40.4. The molecule has 0 aliphatic rings. The Balaban J connectivity index is 1.51. The van der Waals surface area contributed by atoms with E-state index in [0.717, 1.165) is 44.1 Å². The van der Waals surface area contributed by atoms with E-state index in [4.69, 9.17) is 0 Å². The molecule has 2 aromatic heterocycles. The Morgan fingerprint density at radius 2 is 1.91 bits per heavy atom. The zero-order valence-corrected chi connectivity index (χ0v) is 19.6. The minimum absolute atomic E-state index is 0.273. The van der Waals surface area contributed by atoms with Crippen molar-refractivity contribution in [1.29, 1.82) is 0 Å². The summed E-state index contributed by atoms with van der Waals surface area (Å²) in [5.41, 5.74) is 3.30. The second-order valence-corrected chi connectivity index (χ2v) is 9.80. The third-order valence-electron chi connectivity index (χ3n) is 5.23. The summed E-state index contributed by atoms with van der Waals surface area (Å²) in [4.78, 5) is 17.4. The molecule has 0 N–H and O–H groups in total. The van der Waals surface area contributed by atoms with Crippen LogP contribution in [0.4, 0.5) is 13.2 Å². The lowest BCUT2D eigenvalue weighted by Crippen LogP contribution is -2.03. The van der Waals surface area contributed by atoms with Gasteiger partial charge >= 0.3 is 6.18 Å². The predicted molar refractivity (Wildman–Crippen MR) is 128 cm³/mol. The third kappa shape index (κ3) is 5.04. The van der Waals surface area contributed by atoms with Crippen LogP contribution in [-0.4, -0.2) is 9.55 Å². The number of aromatic nitrogens is 2. The van der Waals surface area contributed by atoms with Crippen molar-refractivity contribution in [2.24, 2.45) is 5.18 Å². The van der Waals surface area contributed by atoms with Gasteiger partial charge in [-0.25, -0.2) is 4.98 Å². The maximum Gasteiger partial charge on any atom is 0.416 e. The van der Waals surface area contributed by atoms with Gasteiger partial charge in [0.2, 0.25) is 0 Å². The molecule has 9 heteroatoms. The molecule has 0 spiro atoms. The Morgan fingerprint density at radius 1 is 1.18 bits per heavy atom. The van der Waals surface area contributed by atoms with Gasteiger partial charge in [-0.15, -0.1) is 28.0 Å². The van der Waals surface area contributed by atoms with Gasteiger partial charge in [0.1, 0.15) is 5.01 Å². The van der Waals surface area contributed by atoms with Crippen LogP contribution in [0.5, 0.6) is 0 Å². The van der Waals surface area contributed by atoms with Crippen LogP contribution >= 0.6 is 23.1 Å². The van der Waals surface area contributed by atoms with Crippen LogP contribution in [0.3, 0.4) is 0 Å². The Bertz CT molecular complexity index is 1340. The number of benzene rings is 2. The van der Waals surface area contributed by atoms with Gasteiger partial charge in [0.05, 0.1) is 29.0 Å². The number of halogens is 3. The molecule has 0 amide bonds. The number of nitroso groups, excluding NO2 is 1. The molecular weight excluding hydrogens is 467 g/mol. The molecule has 2 aromatic carbocycles. The number of alkyl halides is 3. The van der Waals surface area contributed by atoms with E-state index in [1.165, 1.54) is 23.5 Å². The molecular formula is C24H20F3N3OS2. The predicted octanol–water partition coefficient (Wildman–Crippen LogP) is 7.97. The number of aryl methyl sites for hydroxylation is 2. The van der Waals surface area contributed by atoms with E-state index in [-0.39, 0.29) is 5.70 Å². The van der Waals surface area contributed by atoms with Crippen molar-refractivity contribution in [3.8, 4) is 10.6 Å². The van der Waals surface area contributed by atoms with E-state index >= 15 is 0 Å². The van der Waals surface area contributed by atoms with Crippen LogP contribution in [0.2, 0.25) is 0 Å². The van der Waals surface area contributed by atoms with Gasteiger partial charge in [0.25, 0.3) is 0 Å². The Hall–Kier alpha value is -2.91. The standard InChI is InChI=1S/C24H20F3N3OS2/c1-14-10-20(11-18-8-9-30(22(14)18)12-15(2)29-31)32-13-21-16(3)28-23(33-21)17-4-6-19(7-5-17)24(25,26)27/h4-11H,2,12-13H2,1,3H3. The fraction of sp³-hybridized carbons (Fsp3) is 0.208.